The SMILES string of the molecule is O=C([O-])C[C@H](O)CC(O)COc1c(Cl)cc(Cl)cc1C(CCOc1ccc(F)cc1)c1ccc(F)cc1. The highest BCUT2D eigenvalue weighted by Gasteiger charge is 2.23. The van der Waals surface area contributed by atoms with Gasteiger partial charge in [0.25, 0.3) is 0 Å². The fraction of sp³-hybridized carbons (Fsp3) is 0.296. The molecule has 2 unspecified atom stereocenters. The van der Waals surface area contributed by atoms with Gasteiger partial charge in [0.15, 0.2) is 0 Å². The van der Waals surface area contributed by atoms with Crippen molar-refractivity contribution in [2.24, 2.45) is 0 Å². The summed E-state index contributed by atoms with van der Waals surface area (Å²) in [5.41, 5.74) is 1.27. The van der Waals surface area contributed by atoms with Crippen LogP contribution < -0.4 is 14.6 Å². The summed E-state index contributed by atoms with van der Waals surface area (Å²) in [6.45, 7) is -0.0873. The summed E-state index contributed by atoms with van der Waals surface area (Å²) < 4.78 is 38.4. The Morgan fingerprint density at radius 1 is 0.919 bits per heavy atom. The quantitative estimate of drug-likeness (QED) is 0.323. The summed E-state index contributed by atoms with van der Waals surface area (Å²) in [5.74, 6) is -1.97. The van der Waals surface area contributed by atoms with E-state index < -0.39 is 36.3 Å². The van der Waals surface area contributed by atoms with Gasteiger partial charge in [0, 0.05) is 35.3 Å². The summed E-state index contributed by atoms with van der Waals surface area (Å²) >= 11 is 12.7. The fourth-order valence-corrected chi connectivity index (χ4v) is 4.41. The molecule has 0 aliphatic carbocycles. The maximum absolute atomic E-state index is 13.6. The van der Waals surface area contributed by atoms with E-state index in [1.165, 1.54) is 42.5 Å². The lowest BCUT2D eigenvalue weighted by molar-refractivity contribution is -0.307. The number of aliphatic carboxylic acids is 1. The van der Waals surface area contributed by atoms with Crippen molar-refractivity contribution in [3.05, 3.63) is 93.5 Å². The van der Waals surface area contributed by atoms with Gasteiger partial charge in [-0.1, -0.05) is 35.3 Å². The molecule has 0 aliphatic heterocycles. The largest absolute Gasteiger partial charge is 0.550 e. The summed E-state index contributed by atoms with van der Waals surface area (Å²) in [7, 11) is 0. The third-order valence-electron chi connectivity index (χ3n) is 5.54. The van der Waals surface area contributed by atoms with Gasteiger partial charge in [-0.3, -0.25) is 0 Å². The Labute approximate surface area is 223 Å². The molecular weight excluding hydrogens is 529 g/mol. The first-order valence-corrected chi connectivity index (χ1v) is 12.2. The van der Waals surface area contributed by atoms with E-state index in [1.54, 1.807) is 18.2 Å². The summed E-state index contributed by atoms with van der Waals surface area (Å²) in [5, 5.41) is 31.1. The molecule has 0 heterocycles. The van der Waals surface area contributed by atoms with E-state index in [9.17, 15) is 28.9 Å². The summed E-state index contributed by atoms with van der Waals surface area (Å²) in [6, 6.07) is 14.5. The molecule has 6 nitrogen and oxygen atoms in total. The molecule has 10 heteroatoms. The van der Waals surface area contributed by atoms with Crippen LogP contribution in [0.15, 0.2) is 60.7 Å². The van der Waals surface area contributed by atoms with Crippen LogP contribution in [0, 0.1) is 11.6 Å². The highest BCUT2D eigenvalue weighted by Crippen LogP contribution is 2.41. The highest BCUT2D eigenvalue weighted by molar-refractivity contribution is 6.35. The van der Waals surface area contributed by atoms with Crippen LogP contribution in [0.4, 0.5) is 8.78 Å². The molecule has 0 aliphatic rings. The molecule has 0 fully saturated rings. The number of carboxylic acids is 1. The lowest BCUT2D eigenvalue weighted by Gasteiger charge is -2.24. The number of hydrogen-bond donors (Lipinski definition) is 2. The van der Waals surface area contributed by atoms with E-state index in [0.717, 1.165) is 5.56 Å². The Hall–Kier alpha value is -2.91. The van der Waals surface area contributed by atoms with Gasteiger partial charge in [-0.05, 0) is 60.5 Å². The van der Waals surface area contributed by atoms with Crippen molar-refractivity contribution in [3.63, 3.8) is 0 Å². The Morgan fingerprint density at radius 3 is 2.16 bits per heavy atom. The molecule has 0 bridgehead atoms. The minimum Gasteiger partial charge on any atom is -0.550 e. The van der Waals surface area contributed by atoms with Crippen molar-refractivity contribution in [1.82, 2.24) is 0 Å². The average Bonchev–Trinajstić information content (AvgIpc) is 2.82. The van der Waals surface area contributed by atoms with Crippen LogP contribution in [0.5, 0.6) is 11.5 Å². The molecule has 0 spiro atoms. The Bertz CT molecular complexity index is 1170. The molecule has 0 saturated carbocycles. The molecule has 0 saturated heterocycles. The van der Waals surface area contributed by atoms with Gasteiger partial charge < -0.3 is 29.6 Å². The fourth-order valence-electron chi connectivity index (χ4n) is 3.85. The zero-order valence-electron chi connectivity index (χ0n) is 19.6. The van der Waals surface area contributed by atoms with Crippen molar-refractivity contribution < 1.29 is 38.4 Å². The number of carboxylic acid groups (broad SMARTS) is 1. The predicted molar refractivity (Wildman–Crippen MR) is 133 cm³/mol. The van der Waals surface area contributed by atoms with Crippen LogP contribution >= 0.6 is 23.2 Å². The Kier molecular flexibility index (Phi) is 10.5. The van der Waals surface area contributed by atoms with E-state index in [1.807, 2.05) is 0 Å². The molecule has 2 N–H and O–H groups in total. The molecule has 3 aromatic rings. The van der Waals surface area contributed by atoms with Gasteiger partial charge in [0.1, 0.15) is 29.7 Å². The van der Waals surface area contributed by atoms with Gasteiger partial charge in [0.2, 0.25) is 0 Å². The van der Waals surface area contributed by atoms with Crippen molar-refractivity contribution in [2.75, 3.05) is 13.2 Å². The van der Waals surface area contributed by atoms with Crippen LogP contribution in [0.2, 0.25) is 10.0 Å². The van der Waals surface area contributed by atoms with Crippen molar-refractivity contribution in [3.8, 4) is 11.5 Å². The number of carbonyl (C=O) groups is 1. The van der Waals surface area contributed by atoms with Crippen molar-refractivity contribution in [1.29, 1.82) is 0 Å². The van der Waals surface area contributed by atoms with Crippen molar-refractivity contribution in [2.45, 2.75) is 37.4 Å². The van der Waals surface area contributed by atoms with E-state index >= 15 is 0 Å². The molecule has 0 amide bonds. The van der Waals surface area contributed by atoms with Crippen LogP contribution in [-0.2, 0) is 4.79 Å². The summed E-state index contributed by atoms with van der Waals surface area (Å²) in [4.78, 5) is 10.7. The number of benzene rings is 3. The second-order valence-electron chi connectivity index (χ2n) is 8.43. The number of aliphatic hydroxyl groups excluding tert-OH is 2. The third kappa shape index (κ3) is 8.86. The Morgan fingerprint density at radius 2 is 1.54 bits per heavy atom. The second kappa shape index (κ2) is 13.6. The van der Waals surface area contributed by atoms with Crippen molar-refractivity contribution >= 4 is 29.2 Å². The monoisotopic (exact) mass is 553 g/mol. The van der Waals surface area contributed by atoms with Gasteiger partial charge in [-0.25, -0.2) is 8.78 Å². The van der Waals surface area contributed by atoms with Gasteiger partial charge in [-0.2, -0.15) is 0 Å². The molecule has 3 aromatic carbocycles. The van der Waals surface area contributed by atoms with Gasteiger partial charge in [0.05, 0.1) is 23.8 Å². The third-order valence-corrected chi connectivity index (χ3v) is 6.04. The molecule has 198 valence electrons. The average molecular weight is 554 g/mol. The van der Waals surface area contributed by atoms with Crippen LogP contribution in [-0.4, -0.2) is 41.6 Å². The van der Waals surface area contributed by atoms with Crippen LogP contribution in [0.1, 0.15) is 36.3 Å². The second-order valence-corrected chi connectivity index (χ2v) is 9.28. The van der Waals surface area contributed by atoms with E-state index in [4.69, 9.17) is 32.7 Å². The lowest BCUT2D eigenvalue weighted by atomic mass is 9.88. The molecule has 3 atom stereocenters. The minimum atomic E-state index is -1.44. The van der Waals surface area contributed by atoms with Crippen LogP contribution in [0.3, 0.4) is 0 Å². The predicted octanol–water partition coefficient (Wildman–Crippen LogP) is 4.50. The first-order valence-electron chi connectivity index (χ1n) is 11.4. The number of aliphatic hydroxyl groups is 2. The smallest absolute Gasteiger partial charge is 0.141 e. The normalized spacial score (nSPS) is 13.6. The molecule has 3 rings (SSSR count). The zero-order chi connectivity index (χ0) is 26.9. The molecule has 37 heavy (non-hydrogen) atoms. The standard InChI is InChI=1S/C27H26Cl2F2O6/c28-17-11-24(27(25(29)12-17)37-15-21(33)13-20(32)14-26(34)35)23(16-1-3-18(30)4-2-16)9-10-36-22-7-5-19(31)6-8-22/h1-8,11-12,20-21,23,32-33H,9-10,13-15H2,(H,34,35)/p-1/t20-,21?,23?/m1/s1. The summed E-state index contributed by atoms with van der Waals surface area (Å²) in [6.07, 6.45) is -2.99. The zero-order valence-corrected chi connectivity index (χ0v) is 21.1. The minimum absolute atomic E-state index is 0.163. The number of halogens is 4. The first kappa shape index (κ1) is 28.7. The van der Waals surface area contributed by atoms with Gasteiger partial charge in [-0.15, -0.1) is 0 Å². The number of carbonyl (C=O) groups excluding carboxylic acids is 1. The molecule has 0 radical (unpaired) electrons. The number of ether oxygens (including phenoxy) is 2. The maximum Gasteiger partial charge on any atom is 0.141 e. The number of rotatable bonds is 13. The van der Waals surface area contributed by atoms with E-state index in [-0.39, 0.29) is 36.2 Å². The maximum atomic E-state index is 13.6. The number of hydrogen-bond acceptors (Lipinski definition) is 6. The van der Waals surface area contributed by atoms with E-state index in [0.29, 0.717) is 22.8 Å². The van der Waals surface area contributed by atoms with Gasteiger partial charge >= 0.3 is 0 Å². The first-order chi connectivity index (χ1) is 17.6. The highest BCUT2D eigenvalue weighted by atomic mass is 35.5. The molecular formula is C27H25Cl2F2O6-. The Balaban J connectivity index is 1.84. The van der Waals surface area contributed by atoms with Crippen LogP contribution in [0.25, 0.3) is 0 Å². The lowest BCUT2D eigenvalue weighted by Crippen LogP contribution is -2.31. The van der Waals surface area contributed by atoms with E-state index in [2.05, 4.69) is 0 Å². The topological polar surface area (TPSA) is 99.1 Å². The molecule has 0 aromatic heterocycles.